The van der Waals surface area contributed by atoms with Gasteiger partial charge in [-0.1, -0.05) is 49.6 Å². The van der Waals surface area contributed by atoms with Crippen LogP contribution in [0.3, 0.4) is 0 Å². The number of carbonyl (C=O) groups excluding carboxylic acids is 2. The summed E-state index contributed by atoms with van der Waals surface area (Å²) in [6.45, 7) is 0. The molecule has 1 atom stereocenters. The number of hydrogen-bond acceptors (Lipinski definition) is 4. The van der Waals surface area contributed by atoms with Crippen LogP contribution in [0.25, 0.3) is 0 Å². The van der Waals surface area contributed by atoms with Crippen molar-refractivity contribution in [3.63, 3.8) is 0 Å². The van der Waals surface area contributed by atoms with E-state index in [-0.39, 0.29) is 17.6 Å². The second-order valence-corrected chi connectivity index (χ2v) is 6.12. The molecule has 5 heteroatoms. The molecular weight excluding hydrogens is 304 g/mol. The monoisotopic (exact) mass is 326 g/mol. The smallest absolute Gasteiger partial charge is 0.288 e. The third-order valence-corrected chi connectivity index (χ3v) is 4.35. The maximum absolute atomic E-state index is 12.8. The van der Waals surface area contributed by atoms with Gasteiger partial charge in [-0.2, -0.15) is 0 Å². The molecule has 126 valence electrons. The van der Waals surface area contributed by atoms with Gasteiger partial charge in [-0.15, -0.1) is 0 Å². The van der Waals surface area contributed by atoms with Crippen molar-refractivity contribution in [2.75, 3.05) is 0 Å². The summed E-state index contributed by atoms with van der Waals surface area (Å²) < 4.78 is 5.12. The Kier molecular flexibility index (Phi) is 5.43. The lowest BCUT2D eigenvalue weighted by molar-refractivity contribution is 0.0810. The number of Topliss-reactive ketones (excluding diaryl/α,β-unsaturated/α-hetero) is 1. The summed E-state index contributed by atoms with van der Waals surface area (Å²) in [5.74, 6) is -0.329. The first-order valence-corrected chi connectivity index (χ1v) is 8.44. The molecular formula is C19H22N2O3. The minimum absolute atomic E-state index is 0.138. The summed E-state index contributed by atoms with van der Waals surface area (Å²) in [6.07, 6.45) is 6.26. The lowest BCUT2D eigenvalue weighted by Crippen LogP contribution is -2.54. The van der Waals surface area contributed by atoms with Crippen LogP contribution in [0.1, 0.15) is 53.0 Å². The average molecular weight is 326 g/mol. The van der Waals surface area contributed by atoms with Gasteiger partial charge in [0.1, 0.15) is 6.17 Å². The van der Waals surface area contributed by atoms with Crippen LogP contribution in [-0.4, -0.2) is 23.9 Å². The molecule has 1 aliphatic carbocycles. The summed E-state index contributed by atoms with van der Waals surface area (Å²) >= 11 is 0. The van der Waals surface area contributed by atoms with Crippen LogP contribution < -0.4 is 10.6 Å². The Morgan fingerprint density at radius 3 is 2.42 bits per heavy atom. The molecule has 1 aliphatic rings. The number of hydrogen-bond donors (Lipinski definition) is 2. The predicted molar refractivity (Wildman–Crippen MR) is 90.7 cm³/mol. The van der Waals surface area contributed by atoms with E-state index in [2.05, 4.69) is 10.6 Å². The second kappa shape index (κ2) is 7.93. The molecule has 1 amide bonds. The molecule has 5 nitrogen and oxygen atoms in total. The molecule has 1 aromatic heterocycles. The maximum atomic E-state index is 12.8. The molecule has 1 saturated carbocycles. The topological polar surface area (TPSA) is 71.3 Å². The summed E-state index contributed by atoms with van der Waals surface area (Å²) in [6, 6.07) is 12.5. The highest BCUT2D eigenvalue weighted by Gasteiger charge is 2.26. The van der Waals surface area contributed by atoms with Crippen LogP contribution in [0.5, 0.6) is 0 Å². The van der Waals surface area contributed by atoms with E-state index < -0.39 is 12.1 Å². The molecule has 1 heterocycles. The maximum Gasteiger partial charge on any atom is 0.288 e. The SMILES string of the molecule is O=C(NC(NC1CCCCC1)C(=O)c1ccccc1)c1ccco1. The molecule has 0 saturated heterocycles. The number of carbonyl (C=O) groups is 2. The zero-order valence-electron chi connectivity index (χ0n) is 13.5. The number of amides is 1. The predicted octanol–water partition coefficient (Wildman–Crippen LogP) is 3.14. The van der Waals surface area contributed by atoms with Crippen LogP contribution >= 0.6 is 0 Å². The van der Waals surface area contributed by atoms with Gasteiger partial charge in [0.25, 0.3) is 5.91 Å². The molecule has 2 N–H and O–H groups in total. The molecule has 3 rings (SSSR count). The van der Waals surface area contributed by atoms with Crippen molar-refractivity contribution in [2.45, 2.75) is 44.3 Å². The number of benzene rings is 1. The quantitative estimate of drug-likeness (QED) is 0.632. The van der Waals surface area contributed by atoms with Gasteiger partial charge in [0, 0.05) is 11.6 Å². The molecule has 1 unspecified atom stereocenters. The van der Waals surface area contributed by atoms with Crippen molar-refractivity contribution in [1.29, 1.82) is 0 Å². The first-order valence-electron chi connectivity index (χ1n) is 8.44. The van der Waals surface area contributed by atoms with E-state index in [9.17, 15) is 9.59 Å². The Morgan fingerprint density at radius 1 is 1.00 bits per heavy atom. The number of nitrogens with one attached hydrogen (secondary N) is 2. The van der Waals surface area contributed by atoms with Gasteiger partial charge in [-0.3, -0.25) is 14.9 Å². The van der Waals surface area contributed by atoms with E-state index in [4.69, 9.17) is 4.42 Å². The Labute approximate surface area is 141 Å². The van der Waals surface area contributed by atoms with Gasteiger partial charge >= 0.3 is 0 Å². The number of rotatable bonds is 6. The normalized spacial score (nSPS) is 16.5. The van der Waals surface area contributed by atoms with Crippen molar-refractivity contribution < 1.29 is 14.0 Å². The van der Waals surface area contributed by atoms with Crippen molar-refractivity contribution >= 4 is 11.7 Å². The van der Waals surface area contributed by atoms with Crippen molar-refractivity contribution in [3.8, 4) is 0 Å². The fourth-order valence-corrected chi connectivity index (χ4v) is 3.07. The van der Waals surface area contributed by atoms with Gasteiger partial charge in [0.15, 0.2) is 11.5 Å². The highest BCUT2D eigenvalue weighted by Crippen LogP contribution is 2.18. The van der Waals surface area contributed by atoms with Crippen LogP contribution in [0.15, 0.2) is 53.1 Å². The average Bonchev–Trinajstić information content (AvgIpc) is 3.17. The number of ketones is 1. The summed E-state index contributed by atoms with van der Waals surface area (Å²) in [4.78, 5) is 25.1. The van der Waals surface area contributed by atoms with Gasteiger partial charge in [-0.05, 0) is 25.0 Å². The molecule has 24 heavy (non-hydrogen) atoms. The first-order chi connectivity index (χ1) is 11.7. The van der Waals surface area contributed by atoms with E-state index in [1.807, 2.05) is 18.2 Å². The van der Waals surface area contributed by atoms with Crippen LogP contribution in [0.4, 0.5) is 0 Å². The van der Waals surface area contributed by atoms with E-state index in [0.29, 0.717) is 5.56 Å². The molecule has 0 radical (unpaired) electrons. The lowest BCUT2D eigenvalue weighted by atomic mass is 9.95. The Bertz CT molecular complexity index is 661. The Morgan fingerprint density at radius 2 is 1.75 bits per heavy atom. The van der Waals surface area contributed by atoms with Crippen LogP contribution in [0.2, 0.25) is 0 Å². The van der Waals surface area contributed by atoms with E-state index in [1.54, 1.807) is 24.3 Å². The third kappa shape index (κ3) is 4.11. The van der Waals surface area contributed by atoms with Crippen molar-refractivity contribution in [3.05, 3.63) is 60.1 Å². The third-order valence-electron chi connectivity index (χ3n) is 4.35. The van der Waals surface area contributed by atoms with Gasteiger partial charge in [0.2, 0.25) is 0 Å². The van der Waals surface area contributed by atoms with Crippen molar-refractivity contribution in [2.24, 2.45) is 0 Å². The minimum Gasteiger partial charge on any atom is -0.459 e. The zero-order chi connectivity index (χ0) is 16.8. The minimum atomic E-state index is -0.756. The van der Waals surface area contributed by atoms with Crippen molar-refractivity contribution in [1.82, 2.24) is 10.6 Å². The summed E-state index contributed by atoms with van der Waals surface area (Å²) in [7, 11) is 0. The Balaban J connectivity index is 1.74. The summed E-state index contributed by atoms with van der Waals surface area (Å²) in [5.41, 5.74) is 0.575. The second-order valence-electron chi connectivity index (χ2n) is 6.12. The highest BCUT2D eigenvalue weighted by molar-refractivity contribution is 6.03. The standard InChI is InChI=1S/C19H22N2O3/c22-17(14-8-3-1-4-9-14)18(20-15-10-5-2-6-11-15)21-19(23)16-12-7-13-24-16/h1,3-4,7-9,12-13,15,18,20H,2,5-6,10-11H2,(H,21,23). The van der Waals surface area contributed by atoms with Gasteiger partial charge in [-0.25, -0.2) is 0 Å². The zero-order valence-corrected chi connectivity index (χ0v) is 13.5. The van der Waals surface area contributed by atoms with Gasteiger partial charge in [0.05, 0.1) is 6.26 Å². The van der Waals surface area contributed by atoms with Gasteiger partial charge < -0.3 is 9.73 Å². The molecule has 1 aromatic carbocycles. The van der Waals surface area contributed by atoms with Crippen LogP contribution in [-0.2, 0) is 0 Å². The largest absolute Gasteiger partial charge is 0.459 e. The summed E-state index contributed by atoms with van der Waals surface area (Å²) in [5, 5.41) is 6.10. The molecule has 0 spiro atoms. The molecule has 1 fully saturated rings. The van der Waals surface area contributed by atoms with Crippen LogP contribution in [0, 0.1) is 0 Å². The Hall–Kier alpha value is -2.40. The molecule has 0 bridgehead atoms. The highest BCUT2D eigenvalue weighted by atomic mass is 16.3. The van der Waals surface area contributed by atoms with E-state index in [0.717, 1.165) is 25.7 Å². The first kappa shape index (κ1) is 16.5. The molecule has 0 aliphatic heterocycles. The fraction of sp³-hybridized carbons (Fsp3) is 0.368. The number of furan rings is 1. The van der Waals surface area contributed by atoms with E-state index >= 15 is 0 Å². The lowest BCUT2D eigenvalue weighted by Gasteiger charge is -2.28. The fourth-order valence-electron chi connectivity index (χ4n) is 3.07. The molecule has 2 aromatic rings. The van der Waals surface area contributed by atoms with E-state index in [1.165, 1.54) is 12.7 Å².